The Balaban J connectivity index is 1.05. The van der Waals surface area contributed by atoms with Crippen LogP contribution in [0.3, 0.4) is 0 Å². The molecule has 0 unspecified atom stereocenters. The van der Waals surface area contributed by atoms with E-state index in [1.807, 2.05) is 6.07 Å². The Morgan fingerprint density at radius 2 is 1.20 bits per heavy atom. The lowest BCUT2D eigenvalue weighted by atomic mass is 9.82. The van der Waals surface area contributed by atoms with E-state index in [9.17, 15) is 34.0 Å². The third kappa shape index (κ3) is 13.0. The SMILES string of the molecule is [C-]#[N+]/C(C#N)=C1/Sc2c(OC(=O)C3CCC(C)CC3)ccc(OC(=O)C3CCC(C(=O)Oc4ccc(CCOC(=O)CCC(=O)OCCOC(=O)C=C)cc4)CC3)c2S1. The number of esters is 6. The maximum Gasteiger partial charge on any atom is 0.330 e. The molecule has 1 heterocycles. The van der Waals surface area contributed by atoms with Gasteiger partial charge >= 0.3 is 35.8 Å². The Bertz CT molecular complexity index is 2020. The quantitative estimate of drug-likeness (QED) is 0.0304. The Labute approximate surface area is 350 Å². The Morgan fingerprint density at radius 1 is 0.729 bits per heavy atom. The van der Waals surface area contributed by atoms with Gasteiger partial charge in [-0.3, -0.25) is 24.0 Å². The first kappa shape index (κ1) is 44.5. The minimum Gasteiger partial charge on any atom is -0.465 e. The zero-order valence-corrected chi connectivity index (χ0v) is 34.2. The van der Waals surface area contributed by atoms with Gasteiger partial charge in [-0.05, 0) is 87.1 Å². The molecule has 2 fully saturated rings. The predicted molar refractivity (Wildman–Crippen MR) is 213 cm³/mol. The van der Waals surface area contributed by atoms with E-state index in [1.54, 1.807) is 36.4 Å². The van der Waals surface area contributed by atoms with Crippen molar-refractivity contribution < 1.29 is 57.2 Å². The van der Waals surface area contributed by atoms with Gasteiger partial charge in [-0.2, -0.15) is 0 Å². The molecule has 3 aliphatic rings. The van der Waals surface area contributed by atoms with E-state index in [0.717, 1.165) is 60.8 Å². The standard InChI is InChI=1S/C43H44N2O12S2/c1-4-35(46)53-23-24-54-37(48)20-19-36(47)52-22-21-27-7-15-31(16-8-27)55-40(49)29-11-13-30(14-12-29)42(51)57-34-18-17-33(56-41(50)28-9-5-26(2)6-10-28)38-39(34)59-43(58-38)32(25-44)45-3/h4,7-8,15-18,26,28-30H,1,5-6,9-14,19-24H2,2H3/b43-32-. The normalized spacial score (nSPS) is 20.3. The molecule has 0 amide bonds. The average Bonchev–Trinajstić information content (AvgIpc) is 3.69. The second-order valence-corrected chi connectivity index (χ2v) is 16.6. The number of nitriles is 1. The topological polar surface area (TPSA) is 186 Å². The van der Waals surface area contributed by atoms with Crippen LogP contribution in [0.15, 0.2) is 68.8 Å². The summed E-state index contributed by atoms with van der Waals surface area (Å²) in [6.45, 7) is 12.7. The summed E-state index contributed by atoms with van der Waals surface area (Å²) >= 11 is 2.28. The smallest absolute Gasteiger partial charge is 0.330 e. The van der Waals surface area contributed by atoms with Crippen LogP contribution in [0.5, 0.6) is 17.2 Å². The van der Waals surface area contributed by atoms with Gasteiger partial charge in [0.1, 0.15) is 30.5 Å². The summed E-state index contributed by atoms with van der Waals surface area (Å²) in [6, 6.07) is 11.9. The molecule has 14 nitrogen and oxygen atoms in total. The number of allylic oxidation sites excluding steroid dienone is 1. The first-order chi connectivity index (χ1) is 28.5. The fourth-order valence-corrected chi connectivity index (χ4v) is 9.13. The minimum atomic E-state index is -0.628. The van der Waals surface area contributed by atoms with E-state index in [2.05, 4.69) is 18.3 Å². The van der Waals surface area contributed by atoms with E-state index in [1.165, 1.54) is 0 Å². The van der Waals surface area contributed by atoms with Crippen LogP contribution >= 0.6 is 23.5 Å². The molecule has 1 aliphatic heterocycles. The highest BCUT2D eigenvalue weighted by Crippen LogP contribution is 2.59. The summed E-state index contributed by atoms with van der Waals surface area (Å²) in [7, 11) is 0. The maximum atomic E-state index is 13.4. The Hall–Kier alpha value is -5.58. The lowest BCUT2D eigenvalue weighted by Gasteiger charge is -2.26. The molecule has 0 radical (unpaired) electrons. The fraction of sp³-hybridized carbons (Fsp3) is 0.442. The number of hydrogen-bond donors (Lipinski definition) is 0. The van der Waals surface area contributed by atoms with E-state index < -0.39 is 41.7 Å². The molecule has 0 saturated heterocycles. The zero-order valence-electron chi connectivity index (χ0n) is 32.6. The Morgan fingerprint density at radius 3 is 1.69 bits per heavy atom. The molecular formula is C43H44N2O12S2. The molecule has 0 aromatic heterocycles. The molecule has 0 N–H and O–H groups in total. The molecule has 2 aliphatic carbocycles. The first-order valence-electron chi connectivity index (χ1n) is 19.4. The van der Waals surface area contributed by atoms with E-state index >= 15 is 0 Å². The molecule has 2 aromatic rings. The molecule has 5 rings (SSSR count). The number of fused-ring (bicyclic) bond motifs is 1. The molecule has 59 heavy (non-hydrogen) atoms. The highest BCUT2D eigenvalue weighted by atomic mass is 32.2. The van der Waals surface area contributed by atoms with E-state index in [0.29, 0.717) is 63.5 Å². The van der Waals surface area contributed by atoms with Crippen molar-refractivity contribution in [2.45, 2.75) is 87.3 Å². The molecule has 0 spiro atoms. The van der Waals surface area contributed by atoms with Gasteiger partial charge in [-0.15, -0.1) is 0 Å². The van der Waals surface area contributed by atoms with Crippen LogP contribution < -0.4 is 14.2 Å². The fourth-order valence-electron chi connectivity index (χ4n) is 6.66. The number of carbonyl (C=O) groups is 6. The molecular weight excluding hydrogens is 801 g/mol. The van der Waals surface area contributed by atoms with Crippen LogP contribution in [0.25, 0.3) is 4.85 Å². The van der Waals surface area contributed by atoms with Gasteiger partial charge in [0.2, 0.25) is 0 Å². The molecule has 2 saturated carbocycles. The van der Waals surface area contributed by atoms with Gasteiger partial charge in [0, 0.05) is 12.5 Å². The maximum absolute atomic E-state index is 13.4. The van der Waals surface area contributed by atoms with E-state index in [-0.39, 0.29) is 56.0 Å². The van der Waals surface area contributed by atoms with E-state index in [4.69, 9.17) is 35.0 Å². The lowest BCUT2D eigenvalue weighted by molar-refractivity contribution is -0.152. The summed E-state index contributed by atoms with van der Waals surface area (Å²) in [4.78, 5) is 78.6. The average molecular weight is 845 g/mol. The summed E-state index contributed by atoms with van der Waals surface area (Å²) in [5.41, 5.74) is 0.730. The minimum absolute atomic E-state index is 0.0828. The van der Waals surface area contributed by atoms with Gasteiger partial charge in [0.15, 0.2) is 0 Å². The first-order valence-corrected chi connectivity index (χ1v) is 21.0. The third-order valence-electron chi connectivity index (χ3n) is 10.1. The van der Waals surface area contributed by atoms with Gasteiger partial charge in [0.25, 0.3) is 5.70 Å². The van der Waals surface area contributed by atoms with Crippen molar-refractivity contribution in [2.24, 2.45) is 23.7 Å². The van der Waals surface area contributed by atoms with Gasteiger partial charge in [-0.1, -0.05) is 49.2 Å². The summed E-state index contributed by atoms with van der Waals surface area (Å²) in [5.74, 6) is -2.60. The number of hydrogen-bond acceptors (Lipinski definition) is 15. The number of ether oxygens (including phenoxy) is 6. The second-order valence-electron chi connectivity index (χ2n) is 14.3. The van der Waals surface area contributed by atoms with Crippen molar-refractivity contribution in [3.63, 3.8) is 0 Å². The van der Waals surface area contributed by atoms with Crippen LogP contribution in [-0.2, 0) is 49.4 Å². The van der Waals surface area contributed by atoms with Crippen LogP contribution in [0.4, 0.5) is 0 Å². The Kier molecular flexibility index (Phi) is 16.6. The second kappa shape index (κ2) is 22.0. The van der Waals surface area contributed by atoms with Crippen molar-refractivity contribution in [1.29, 1.82) is 5.26 Å². The van der Waals surface area contributed by atoms with Crippen molar-refractivity contribution in [1.82, 2.24) is 0 Å². The van der Waals surface area contributed by atoms with Crippen molar-refractivity contribution in [2.75, 3.05) is 19.8 Å². The summed E-state index contributed by atoms with van der Waals surface area (Å²) in [6.07, 6.45) is 6.14. The van der Waals surface area contributed by atoms with Gasteiger partial charge < -0.3 is 28.4 Å². The van der Waals surface area contributed by atoms with Gasteiger partial charge in [0.05, 0.1) is 63.9 Å². The van der Waals surface area contributed by atoms with Crippen LogP contribution in [0.2, 0.25) is 0 Å². The van der Waals surface area contributed by atoms with Gasteiger partial charge in [-0.25, -0.2) is 14.9 Å². The van der Waals surface area contributed by atoms with Crippen molar-refractivity contribution in [3.8, 4) is 23.3 Å². The molecule has 16 heteroatoms. The third-order valence-corrected chi connectivity index (χ3v) is 12.7. The lowest BCUT2D eigenvalue weighted by Crippen LogP contribution is -2.30. The largest absolute Gasteiger partial charge is 0.465 e. The van der Waals surface area contributed by atoms with Crippen LogP contribution in [-0.4, -0.2) is 55.6 Å². The number of rotatable bonds is 16. The number of carbonyl (C=O) groups excluding carboxylic acids is 6. The highest BCUT2D eigenvalue weighted by molar-refractivity contribution is 8.24. The van der Waals surface area contributed by atoms with Crippen LogP contribution in [0.1, 0.15) is 76.7 Å². The summed E-state index contributed by atoms with van der Waals surface area (Å²) < 4.78 is 32.6. The van der Waals surface area contributed by atoms with Crippen LogP contribution in [0, 0.1) is 41.6 Å². The molecule has 0 bridgehead atoms. The molecule has 0 atom stereocenters. The number of thioether (sulfide) groups is 2. The highest BCUT2D eigenvalue weighted by Gasteiger charge is 2.35. The predicted octanol–water partition coefficient (Wildman–Crippen LogP) is 7.68. The summed E-state index contributed by atoms with van der Waals surface area (Å²) in [5, 5.41) is 9.53. The van der Waals surface area contributed by atoms with Crippen molar-refractivity contribution >= 4 is 59.3 Å². The molecule has 2 aromatic carbocycles. The number of benzene rings is 2. The van der Waals surface area contributed by atoms with Crippen molar-refractivity contribution in [3.05, 3.63) is 76.0 Å². The number of nitrogens with zero attached hydrogens (tertiary/aromatic N) is 2. The molecule has 310 valence electrons. The zero-order chi connectivity index (χ0) is 42.3. The monoisotopic (exact) mass is 844 g/mol.